The lowest BCUT2D eigenvalue weighted by atomic mass is 9.98. The average molecular weight is 456 g/mol. The van der Waals surface area contributed by atoms with Crippen LogP contribution in [0, 0.1) is 5.92 Å². The van der Waals surface area contributed by atoms with Crippen molar-refractivity contribution in [2.75, 3.05) is 5.32 Å². The van der Waals surface area contributed by atoms with E-state index in [2.05, 4.69) is 24.1 Å². The minimum absolute atomic E-state index is 0.184. The minimum atomic E-state index is -0.640. The number of rotatable bonds is 6. The zero-order valence-corrected chi connectivity index (χ0v) is 20.4. The lowest BCUT2D eigenvalue weighted by Crippen LogP contribution is -2.44. The molecule has 3 rings (SSSR count). The summed E-state index contributed by atoms with van der Waals surface area (Å²) >= 11 is 0. The zero-order chi connectivity index (χ0) is 24.3. The van der Waals surface area contributed by atoms with E-state index in [-0.39, 0.29) is 11.9 Å². The van der Waals surface area contributed by atoms with Crippen molar-refractivity contribution in [2.45, 2.75) is 73.1 Å². The van der Waals surface area contributed by atoms with Crippen LogP contribution in [0.15, 0.2) is 30.5 Å². The molecule has 0 spiro atoms. The molecule has 1 aromatic carbocycles. The van der Waals surface area contributed by atoms with E-state index in [1.807, 2.05) is 39.8 Å². The smallest absolute Gasteiger partial charge is 0.443 e. The van der Waals surface area contributed by atoms with E-state index in [9.17, 15) is 9.59 Å². The van der Waals surface area contributed by atoms with E-state index in [0.29, 0.717) is 29.8 Å². The third-order valence-electron chi connectivity index (χ3n) is 4.91. The van der Waals surface area contributed by atoms with Gasteiger partial charge in [0.05, 0.1) is 6.04 Å². The lowest BCUT2D eigenvalue weighted by Gasteiger charge is -2.31. The molecule has 0 aliphatic carbocycles. The van der Waals surface area contributed by atoms with Crippen molar-refractivity contribution in [3.8, 4) is 22.6 Å². The van der Waals surface area contributed by atoms with Crippen molar-refractivity contribution in [1.82, 2.24) is 10.0 Å². The molecule has 1 N–H and O–H groups in total. The summed E-state index contributed by atoms with van der Waals surface area (Å²) in [6.07, 6.45) is 1.92. The van der Waals surface area contributed by atoms with Crippen molar-refractivity contribution >= 4 is 17.8 Å². The minimum Gasteiger partial charge on any atom is -0.488 e. The summed E-state index contributed by atoms with van der Waals surface area (Å²) in [6, 6.07) is 7.06. The van der Waals surface area contributed by atoms with Gasteiger partial charge in [-0.3, -0.25) is 4.79 Å². The van der Waals surface area contributed by atoms with Gasteiger partial charge in [-0.1, -0.05) is 13.8 Å². The number of hydrogen-bond acceptors (Lipinski definition) is 6. The summed E-state index contributed by atoms with van der Waals surface area (Å²) in [5, 5.41) is 4.00. The molecule has 2 heterocycles. The number of carbonyl (C=O) groups is 2. The second-order valence-electron chi connectivity index (χ2n) is 9.73. The number of nitrogens with zero attached hydrogens (tertiary/aromatic N) is 2. The molecule has 33 heavy (non-hydrogen) atoms. The maximum Gasteiger partial charge on any atom is 0.443 e. The highest BCUT2D eigenvalue weighted by atomic mass is 16.7. The summed E-state index contributed by atoms with van der Waals surface area (Å²) in [6.45, 7) is 13.4. The van der Waals surface area contributed by atoms with Gasteiger partial charge in [0.25, 0.3) is 0 Å². The van der Waals surface area contributed by atoms with Gasteiger partial charge in [0.1, 0.15) is 23.8 Å². The van der Waals surface area contributed by atoms with Gasteiger partial charge >= 0.3 is 6.09 Å². The van der Waals surface area contributed by atoms with Crippen LogP contribution in [0.5, 0.6) is 11.5 Å². The Balaban J connectivity index is 1.88. The van der Waals surface area contributed by atoms with E-state index in [1.165, 1.54) is 12.0 Å². The predicted molar refractivity (Wildman–Crippen MR) is 126 cm³/mol. The van der Waals surface area contributed by atoms with E-state index in [1.54, 1.807) is 18.3 Å². The number of amides is 2. The molecule has 1 aliphatic heterocycles. The van der Waals surface area contributed by atoms with Crippen LogP contribution in [0.3, 0.4) is 0 Å². The molecule has 1 unspecified atom stereocenters. The van der Waals surface area contributed by atoms with Crippen LogP contribution in [0.4, 0.5) is 10.6 Å². The molecule has 1 atom stereocenters. The Hall–Kier alpha value is -3.29. The number of fused-ring (bicyclic) bond motifs is 3. The number of hydrogen-bond donors (Lipinski definition) is 1. The first-order valence-electron chi connectivity index (χ1n) is 11.2. The van der Waals surface area contributed by atoms with E-state index >= 15 is 0 Å². The number of ether oxygens (including phenoxy) is 2. The summed E-state index contributed by atoms with van der Waals surface area (Å²) < 4.78 is 11.5. The Morgan fingerprint density at radius 2 is 1.91 bits per heavy atom. The molecule has 2 aromatic rings. The Morgan fingerprint density at radius 3 is 2.55 bits per heavy atom. The maximum absolute atomic E-state index is 12.9. The summed E-state index contributed by atoms with van der Waals surface area (Å²) in [5.74, 6) is 1.77. The molecule has 2 amide bonds. The van der Waals surface area contributed by atoms with Crippen molar-refractivity contribution in [1.29, 1.82) is 0 Å². The quantitative estimate of drug-likeness (QED) is 0.573. The van der Waals surface area contributed by atoms with Crippen molar-refractivity contribution in [3.63, 3.8) is 0 Å². The fraction of sp³-hybridized carbons (Fsp3) is 0.480. The molecule has 1 aromatic heterocycles. The Kier molecular flexibility index (Phi) is 7.15. The molecule has 8 heteroatoms. The van der Waals surface area contributed by atoms with Gasteiger partial charge in [0.15, 0.2) is 5.75 Å². The summed E-state index contributed by atoms with van der Waals surface area (Å²) in [4.78, 5) is 34.6. The molecular formula is C25H33N3O5. The number of anilines is 1. The summed E-state index contributed by atoms with van der Waals surface area (Å²) in [5.41, 5.74) is 2.07. The predicted octanol–water partition coefficient (Wildman–Crippen LogP) is 5.56. The molecule has 0 fully saturated rings. The third kappa shape index (κ3) is 6.37. The van der Waals surface area contributed by atoms with Crippen LogP contribution < -0.4 is 14.9 Å². The van der Waals surface area contributed by atoms with Gasteiger partial charge in [0, 0.05) is 30.3 Å². The number of hydroxylamine groups is 2. The van der Waals surface area contributed by atoms with Crippen LogP contribution in [0.2, 0.25) is 0 Å². The largest absolute Gasteiger partial charge is 0.488 e. The van der Waals surface area contributed by atoms with Crippen LogP contribution in [0.1, 0.15) is 60.5 Å². The van der Waals surface area contributed by atoms with Gasteiger partial charge in [-0.05, 0) is 63.8 Å². The van der Waals surface area contributed by atoms with Crippen molar-refractivity contribution < 1.29 is 23.9 Å². The first-order chi connectivity index (χ1) is 15.4. The highest BCUT2D eigenvalue weighted by Gasteiger charge is 2.29. The van der Waals surface area contributed by atoms with Gasteiger partial charge < -0.3 is 19.6 Å². The number of aromatic nitrogens is 1. The van der Waals surface area contributed by atoms with Crippen molar-refractivity contribution in [2.24, 2.45) is 5.92 Å². The lowest BCUT2D eigenvalue weighted by molar-refractivity contribution is -0.114. The number of carbonyl (C=O) groups excluding carboxylic acids is 2. The molecular weight excluding hydrogens is 422 g/mol. The van der Waals surface area contributed by atoms with Gasteiger partial charge in [0.2, 0.25) is 5.91 Å². The fourth-order valence-electron chi connectivity index (χ4n) is 3.66. The van der Waals surface area contributed by atoms with Crippen LogP contribution in [-0.4, -0.2) is 33.7 Å². The van der Waals surface area contributed by atoms with Gasteiger partial charge in [-0.2, -0.15) is 0 Å². The summed E-state index contributed by atoms with van der Waals surface area (Å²) in [7, 11) is 0. The van der Waals surface area contributed by atoms with Gasteiger partial charge in [-0.15, -0.1) is 5.06 Å². The number of pyridine rings is 1. The third-order valence-corrected chi connectivity index (χ3v) is 4.91. The SMILES string of the molecule is CC(=O)Nc1cc2c(cn1)COc1cc(ON(C(=O)OC(C)(C)C)C(C)CC(C)C)ccc1-2. The monoisotopic (exact) mass is 455 g/mol. The number of benzene rings is 1. The molecule has 178 valence electrons. The standard InChI is InChI=1S/C25H33N3O5/c1-15(2)10-16(3)28(24(30)32-25(5,6)7)33-19-8-9-20-21-12-23(27-17(4)29)26-13-18(21)14-31-22(20)11-19/h8-9,11-13,15-16H,10,14H2,1-7H3,(H,26,27,29). The maximum atomic E-state index is 12.9. The topological polar surface area (TPSA) is 90.0 Å². The molecule has 0 radical (unpaired) electrons. The van der Waals surface area contributed by atoms with Crippen LogP contribution in [0.25, 0.3) is 11.1 Å². The second-order valence-corrected chi connectivity index (χ2v) is 9.73. The van der Waals surface area contributed by atoms with Gasteiger partial charge in [-0.25, -0.2) is 9.78 Å². The normalized spacial score (nSPS) is 13.3. The molecule has 0 saturated carbocycles. The molecule has 0 bridgehead atoms. The molecule has 1 aliphatic rings. The Bertz CT molecular complexity index is 1030. The molecule has 0 saturated heterocycles. The van der Waals surface area contributed by atoms with Crippen LogP contribution >= 0.6 is 0 Å². The zero-order valence-electron chi connectivity index (χ0n) is 20.4. The fourth-order valence-corrected chi connectivity index (χ4v) is 3.66. The Labute approximate surface area is 195 Å². The molecule has 8 nitrogen and oxygen atoms in total. The van der Waals surface area contributed by atoms with E-state index < -0.39 is 11.7 Å². The second kappa shape index (κ2) is 9.68. The van der Waals surface area contributed by atoms with Crippen molar-refractivity contribution in [3.05, 3.63) is 36.0 Å². The van der Waals surface area contributed by atoms with E-state index in [0.717, 1.165) is 23.1 Å². The first kappa shape index (κ1) is 24.4. The Morgan fingerprint density at radius 1 is 1.18 bits per heavy atom. The van der Waals surface area contributed by atoms with E-state index in [4.69, 9.17) is 14.3 Å². The van der Waals surface area contributed by atoms with Crippen LogP contribution in [-0.2, 0) is 16.1 Å². The highest BCUT2D eigenvalue weighted by molar-refractivity contribution is 5.89. The average Bonchev–Trinajstić information content (AvgIpc) is 2.69. The number of nitrogens with one attached hydrogen (secondary N) is 1. The highest BCUT2D eigenvalue weighted by Crippen LogP contribution is 2.40. The first-order valence-corrected chi connectivity index (χ1v) is 11.2.